The van der Waals surface area contributed by atoms with Crippen molar-refractivity contribution in [2.24, 2.45) is 0 Å². The fourth-order valence-corrected chi connectivity index (χ4v) is 2.02. The second kappa shape index (κ2) is 3.60. The first-order valence-corrected chi connectivity index (χ1v) is 5.67. The molecule has 0 radical (unpaired) electrons. The number of carbonyl (C=O) groups is 1. The first kappa shape index (κ1) is 10.4. The van der Waals surface area contributed by atoms with Crippen molar-refractivity contribution >= 4 is 16.0 Å². The summed E-state index contributed by atoms with van der Waals surface area (Å²) >= 11 is 0. The van der Waals surface area contributed by atoms with Crippen LogP contribution in [0.25, 0.3) is 0 Å². The van der Waals surface area contributed by atoms with Gasteiger partial charge in [0.25, 0.3) is 0 Å². The molecular weight excluding hydrogens is 196 g/mol. The van der Waals surface area contributed by atoms with Crippen LogP contribution in [0.4, 0.5) is 0 Å². The van der Waals surface area contributed by atoms with Gasteiger partial charge in [0.05, 0.1) is 12.8 Å². The predicted octanol–water partition coefficient (Wildman–Crippen LogP) is -1.70. The molecule has 6 nitrogen and oxygen atoms in total. The Morgan fingerprint density at radius 3 is 2.54 bits per heavy atom. The van der Waals surface area contributed by atoms with E-state index in [0.29, 0.717) is 13.1 Å². The minimum Gasteiger partial charge on any atom is -0.480 e. The van der Waals surface area contributed by atoms with Crippen molar-refractivity contribution in [1.29, 1.82) is 0 Å². The van der Waals surface area contributed by atoms with E-state index in [0.717, 1.165) is 6.26 Å². The van der Waals surface area contributed by atoms with Gasteiger partial charge in [-0.25, -0.2) is 13.1 Å². The van der Waals surface area contributed by atoms with Crippen molar-refractivity contribution in [2.45, 2.75) is 6.04 Å². The van der Waals surface area contributed by atoms with Crippen molar-refractivity contribution in [3.8, 4) is 0 Å². The highest BCUT2D eigenvalue weighted by atomic mass is 32.2. The van der Waals surface area contributed by atoms with Gasteiger partial charge >= 0.3 is 5.97 Å². The summed E-state index contributed by atoms with van der Waals surface area (Å²) in [4.78, 5) is 11.9. The first-order valence-electron chi connectivity index (χ1n) is 3.78. The number of sulfonamides is 1. The molecule has 0 aromatic heterocycles. The lowest BCUT2D eigenvalue weighted by Gasteiger charge is -2.37. The average Bonchev–Trinajstić information content (AvgIpc) is 1.78. The smallest absolute Gasteiger partial charge is 0.317 e. The summed E-state index contributed by atoms with van der Waals surface area (Å²) in [5.41, 5.74) is 0. The Bertz CT molecular complexity index is 294. The predicted molar refractivity (Wildman–Crippen MR) is 45.8 cm³/mol. The summed E-state index contributed by atoms with van der Waals surface area (Å²) in [6.07, 6.45) is 1.09. The summed E-state index contributed by atoms with van der Waals surface area (Å²) in [5.74, 6) is -0.891. The van der Waals surface area contributed by atoms with E-state index in [2.05, 4.69) is 4.72 Å². The molecule has 0 atom stereocenters. The topological polar surface area (TPSA) is 86.7 Å². The Kier molecular flexibility index (Phi) is 2.89. The zero-order valence-corrected chi connectivity index (χ0v) is 8.04. The van der Waals surface area contributed by atoms with Gasteiger partial charge in [-0.05, 0) is 0 Å². The first-order chi connectivity index (χ1) is 5.87. The molecule has 0 saturated carbocycles. The summed E-state index contributed by atoms with van der Waals surface area (Å²) in [7, 11) is -3.16. The van der Waals surface area contributed by atoms with E-state index >= 15 is 0 Å². The molecule has 0 amide bonds. The summed E-state index contributed by atoms with van der Waals surface area (Å²) in [5, 5.41) is 8.39. The van der Waals surface area contributed by atoms with Crippen LogP contribution >= 0.6 is 0 Å². The molecule has 0 bridgehead atoms. The molecule has 0 aromatic carbocycles. The number of aliphatic carboxylic acids is 1. The highest BCUT2D eigenvalue weighted by Gasteiger charge is 2.29. The molecule has 0 unspecified atom stereocenters. The molecule has 0 aromatic rings. The molecule has 1 heterocycles. The number of nitrogens with one attached hydrogen (secondary N) is 1. The van der Waals surface area contributed by atoms with Crippen molar-refractivity contribution in [2.75, 3.05) is 25.9 Å². The van der Waals surface area contributed by atoms with E-state index in [1.807, 2.05) is 0 Å². The maximum atomic E-state index is 10.7. The van der Waals surface area contributed by atoms with Crippen LogP contribution in [0.1, 0.15) is 0 Å². The second-order valence-corrected chi connectivity index (χ2v) is 4.95. The van der Waals surface area contributed by atoms with Crippen molar-refractivity contribution in [3.63, 3.8) is 0 Å². The zero-order chi connectivity index (χ0) is 10.1. The molecule has 13 heavy (non-hydrogen) atoms. The monoisotopic (exact) mass is 208 g/mol. The molecule has 1 aliphatic heterocycles. The number of carboxylic acid groups (broad SMARTS) is 1. The Labute approximate surface area is 76.6 Å². The molecule has 76 valence electrons. The lowest BCUT2D eigenvalue weighted by Crippen LogP contribution is -2.59. The van der Waals surface area contributed by atoms with Crippen molar-refractivity contribution in [3.05, 3.63) is 0 Å². The van der Waals surface area contributed by atoms with Gasteiger partial charge in [0.15, 0.2) is 0 Å². The van der Waals surface area contributed by atoms with E-state index < -0.39 is 16.0 Å². The summed E-state index contributed by atoms with van der Waals surface area (Å²) in [6.45, 7) is 0.917. The van der Waals surface area contributed by atoms with Crippen LogP contribution in [0.5, 0.6) is 0 Å². The SMILES string of the molecule is CS(=O)(=O)NC1CN(CC(=O)O)C1. The van der Waals surface area contributed by atoms with Gasteiger partial charge in [0.1, 0.15) is 0 Å². The van der Waals surface area contributed by atoms with Gasteiger partial charge in [-0.15, -0.1) is 0 Å². The van der Waals surface area contributed by atoms with Gasteiger partial charge < -0.3 is 5.11 Å². The summed E-state index contributed by atoms with van der Waals surface area (Å²) < 4.78 is 23.8. The van der Waals surface area contributed by atoms with Crippen LogP contribution < -0.4 is 4.72 Å². The number of rotatable bonds is 4. The van der Waals surface area contributed by atoms with Crippen molar-refractivity contribution < 1.29 is 18.3 Å². The third-order valence-corrected chi connectivity index (χ3v) is 2.46. The van der Waals surface area contributed by atoms with E-state index in [4.69, 9.17) is 5.11 Å². The zero-order valence-electron chi connectivity index (χ0n) is 7.23. The lowest BCUT2D eigenvalue weighted by atomic mass is 10.1. The third kappa shape index (κ3) is 3.71. The number of carboxylic acids is 1. The molecule has 1 fully saturated rings. The molecule has 0 aliphatic carbocycles. The Hall–Kier alpha value is -0.660. The number of hydrogen-bond donors (Lipinski definition) is 2. The third-order valence-electron chi connectivity index (χ3n) is 1.70. The van der Waals surface area contributed by atoms with Gasteiger partial charge in [-0.2, -0.15) is 0 Å². The fourth-order valence-electron chi connectivity index (χ4n) is 1.27. The number of hydrogen-bond acceptors (Lipinski definition) is 4. The lowest BCUT2D eigenvalue weighted by molar-refractivity contribution is -0.139. The van der Waals surface area contributed by atoms with Crippen LogP contribution in [-0.4, -0.2) is 56.3 Å². The Morgan fingerprint density at radius 1 is 1.62 bits per heavy atom. The fraction of sp³-hybridized carbons (Fsp3) is 0.833. The standard InChI is InChI=1S/C6H12N2O4S/c1-13(11,12)7-5-2-8(3-5)4-6(9)10/h5,7H,2-4H2,1H3,(H,9,10). The normalized spacial score (nSPS) is 19.8. The van der Waals surface area contributed by atoms with E-state index in [1.54, 1.807) is 4.90 Å². The molecule has 7 heteroatoms. The Balaban J connectivity index is 2.23. The molecular formula is C6H12N2O4S. The highest BCUT2D eigenvalue weighted by molar-refractivity contribution is 7.88. The van der Waals surface area contributed by atoms with Crippen LogP contribution in [0.2, 0.25) is 0 Å². The minimum atomic E-state index is -3.16. The minimum absolute atomic E-state index is 0.0259. The van der Waals surface area contributed by atoms with Crippen LogP contribution in [0.15, 0.2) is 0 Å². The molecule has 1 aliphatic rings. The number of nitrogens with zero attached hydrogens (tertiary/aromatic N) is 1. The molecule has 1 saturated heterocycles. The van der Waals surface area contributed by atoms with Gasteiger partial charge in [0, 0.05) is 19.1 Å². The van der Waals surface area contributed by atoms with Gasteiger partial charge in [0.2, 0.25) is 10.0 Å². The van der Waals surface area contributed by atoms with Crippen LogP contribution in [-0.2, 0) is 14.8 Å². The second-order valence-electron chi connectivity index (χ2n) is 3.17. The highest BCUT2D eigenvalue weighted by Crippen LogP contribution is 2.07. The maximum Gasteiger partial charge on any atom is 0.317 e. The summed E-state index contributed by atoms with van der Waals surface area (Å²) in [6, 6.07) is -0.130. The quantitative estimate of drug-likeness (QED) is 0.575. The maximum absolute atomic E-state index is 10.7. The van der Waals surface area contributed by atoms with Crippen LogP contribution in [0.3, 0.4) is 0 Å². The molecule has 0 spiro atoms. The molecule has 1 rings (SSSR count). The van der Waals surface area contributed by atoms with E-state index in [1.165, 1.54) is 0 Å². The average molecular weight is 208 g/mol. The van der Waals surface area contributed by atoms with E-state index in [-0.39, 0.29) is 12.6 Å². The van der Waals surface area contributed by atoms with E-state index in [9.17, 15) is 13.2 Å². The molecule has 2 N–H and O–H groups in total. The van der Waals surface area contributed by atoms with Gasteiger partial charge in [-0.1, -0.05) is 0 Å². The van der Waals surface area contributed by atoms with Crippen molar-refractivity contribution in [1.82, 2.24) is 9.62 Å². The van der Waals surface area contributed by atoms with Gasteiger partial charge in [-0.3, -0.25) is 9.69 Å². The largest absolute Gasteiger partial charge is 0.480 e. The Morgan fingerprint density at radius 2 is 2.15 bits per heavy atom. The van der Waals surface area contributed by atoms with Crippen LogP contribution in [0, 0.1) is 0 Å². The number of likely N-dealkylation sites (tertiary alicyclic amines) is 1.